The number of carbonyl (C=O) groups is 2. The van der Waals surface area contributed by atoms with E-state index in [-0.39, 0.29) is 18.2 Å². The number of aryl methyl sites for hydroxylation is 1. The first-order valence-electron chi connectivity index (χ1n) is 8.76. The van der Waals surface area contributed by atoms with E-state index >= 15 is 0 Å². The predicted molar refractivity (Wildman–Crippen MR) is 95.2 cm³/mol. The number of hydrogen-bond acceptors (Lipinski definition) is 4. The number of carbonyl (C=O) groups excluding carboxylic acids is 1. The summed E-state index contributed by atoms with van der Waals surface area (Å²) in [5.41, 5.74) is 1.53. The molecule has 2 heterocycles. The van der Waals surface area contributed by atoms with E-state index in [0.29, 0.717) is 18.7 Å². The summed E-state index contributed by atoms with van der Waals surface area (Å²) in [6.45, 7) is 8.64. The number of piperazine rings is 1. The molecule has 136 valence electrons. The number of nitrogens with zero attached hydrogens (tertiary/aromatic N) is 2. The van der Waals surface area contributed by atoms with Gasteiger partial charge in [-0.15, -0.1) is 0 Å². The van der Waals surface area contributed by atoms with E-state index in [1.807, 2.05) is 39.8 Å². The van der Waals surface area contributed by atoms with Crippen molar-refractivity contribution < 1.29 is 19.4 Å². The van der Waals surface area contributed by atoms with Crippen LogP contribution in [0.1, 0.15) is 49.5 Å². The molecule has 2 unspecified atom stereocenters. The number of hydrogen-bond donors (Lipinski definition) is 1. The molecule has 1 amide bonds. The standard InChI is InChI=1S/C19H26N2O4/c1-12-5-6-13(9-16(12)17(22)23)21-14-7-8-15(21)11-20(10-14)18(24)25-19(2,3)4/h5-6,9,14-15H,7-8,10-11H2,1-4H3,(H,22,23). The lowest BCUT2D eigenvalue weighted by molar-refractivity contribution is 0.0209. The number of ether oxygens (including phenoxy) is 1. The summed E-state index contributed by atoms with van der Waals surface area (Å²) in [5.74, 6) is -0.904. The van der Waals surface area contributed by atoms with E-state index in [1.54, 1.807) is 11.0 Å². The Morgan fingerprint density at radius 1 is 1.16 bits per heavy atom. The second-order valence-corrected chi connectivity index (χ2v) is 7.98. The summed E-state index contributed by atoms with van der Waals surface area (Å²) >= 11 is 0. The summed E-state index contributed by atoms with van der Waals surface area (Å²) in [6, 6.07) is 6.01. The van der Waals surface area contributed by atoms with Crippen LogP contribution >= 0.6 is 0 Å². The summed E-state index contributed by atoms with van der Waals surface area (Å²) in [5, 5.41) is 9.37. The third-order valence-corrected chi connectivity index (χ3v) is 4.88. The van der Waals surface area contributed by atoms with Crippen molar-refractivity contribution in [3.05, 3.63) is 29.3 Å². The molecule has 0 radical (unpaired) electrons. The number of likely N-dealkylation sites (tertiary alicyclic amines) is 1. The molecule has 6 heteroatoms. The Morgan fingerprint density at radius 3 is 2.28 bits per heavy atom. The monoisotopic (exact) mass is 346 g/mol. The number of aromatic carboxylic acids is 1. The van der Waals surface area contributed by atoms with Crippen LogP contribution in [0.5, 0.6) is 0 Å². The fraction of sp³-hybridized carbons (Fsp3) is 0.579. The Labute approximate surface area is 148 Å². The molecule has 1 N–H and O–H groups in total. The van der Waals surface area contributed by atoms with Crippen LogP contribution in [0.2, 0.25) is 0 Å². The fourth-order valence-corrected chi connectivity index (χ4v) is 3.80. The van der Waals surface area contributed by atoms with Gasteiger partial charge in [-0.3, -0.25) is 0 Å². The Hall–Kier alpha value is -2.24. The van der Waals surface area contributed by atoms with Crippen molar-refractivity contribution in [1.82, 2.24) is 4.90 Å². The molecule has 25 heavy (non-hydrogen) atoms. The van der Waals surface area contributed by atoms with Crippen molar-refractivity contribution in [3.8, 4) is 0 Å². The van der Waals surface area contributed by atoms with Gasteiger partial charge in [0.15, 0.2) is 0 Å². The summed E-state index contributed by atoms with van der Waals surface area (Å²) in [4.78, 5) is 27.9. The van der Waals surface area contributed by atoms with Gasteiger partial charge in [-0.05, 0) is 58.2 Å². The van der Waals surface area contributed by atoms with Crippen LogP contribution < -0.4 is 4.90 Å². The molecule has 3 rings (SSSR count). The molecule has 0 aromatic heterocycles. The summed E-state index contributed by atoms with van der Waals surface area (Å²) in [7, 11) is 0. The molecule has 2 atom stereocenters. The largest absolute Gasteiger partial charge is 0.478 e. The highest BCUT2D eigenvalue weighted by Gasteiger charge is 2.42. The van der Waals surface area contributed by atoms with Crippen LogP contribution in [0.15, 0.2) is 18.2 Å². The minimum Gasteiger partial charge on any atom is -0.478 e. The van der Waals surface area contributed by atoms with Crippen LogP contribution in [0.25, 0.3) is 0 Å². The first-order chi connectivity index (χ1) is 11.7. The smallest absolute Gasteiger partial charge is 0.410 e. The normalized spacial score (nSPS) is 22.9. The Bertz CT molecular complexity index is 681. The van der Waals surface area contributed by atoms with Gasteiger partial charge in [-0.25, -0.2) is 9.59 Å². The highest BCUT2D eigenvalue weighted by atomic mass is 16.6. The number of amides is 1. The minimum atomic E-state index is -0.904. The van der Waals surface area contributed by atoms with Gasteiger partial charge >= 0.3 is 12.1 Å². The van der Waals surface area contributed by atoms with Gasteiger partial charge in [0, 0.05) is 30.9 Å². The molecule has 2 fully saturated rings. The maximum Gasteiger partial charge on any atom is 0.410 e. The Kier molecular flexibility index (Phi) is 4.39. The average Bonchev–Trinajstić information content (AvgIpc) is 2.75. The molecule has 1 aromatic carbocycles. The molecular formula is C19H26N2O4. The topological polar surface area (TPSA) is 70.1 Å². The van der Waals surface area contributed by atoms with Crippen molar-refractivity contribution in [2.24, 2.45) is 0 Å². The zero-order chi connectivity index (χ0) is 18.4. The minimum absolute atomic E-state index is 0.204. The molecule has 0 spiro atoms. The van der Waals surface area contributed by atoms with Crippen LogP contribution in [0.4, 0.5) is 10.5 Å². The van der Waals surface area contributed by atoms with Gasteiger partial charge in [0.2, 0.25) is 0 Å². The fourth-order valence-electron chi connectivity index (χ4n) is 3.80. The van der Waals surface area contributed by atoms with Crippen LogP contribution in [0.3, 0.4) is 0 Å². The first-order valence-corrected chi connectivity index (χ1v) is 8.76. The van der Waals surface area contributed by atoms with E-state index in [2.05, 4.69) is 4.90 Å². The van der Waals surface area contributed by atoms with Gasteiger partial charge in [0.25, 0.3) is 0 Å². The number of carboxylic acids is 1. The van der Waals surface area contributed by atoms with Crippen molar-refractivity contribution in [2.75, 3.05) is 18.0 Å². The third kappa shape index (κ3) is 3.57. The second-order valence-electron chi connectivity index (χ2n) is 7.98. The molecule has 2 bridgehead atoms. The molecule has 1 aromatic rings. The van der Waals surface area contributed by atoms with Crippen LogP contribution in [-0.4, -0.2) is 52.8 Å². The lowest BCUT2D eigenvalue weighted by Gasteiger charge is -2.42. The van der Waals surface area contributed by atoms with E-state index in [4.69, 9.17) is 4.74 Å². The van der Waals surface area contributed by atoms with Gasteiger partial charge in [0.05, 0.1) is 5.56 Å². The van der Waals surface area contributed by atoms with Crippen molar-refractivity contribution in [2.45, 2.75) is 58.2 Å². The molecule has 2 aliphatic rings. The first kappa shape index (κ1) is 17.6. The number of rotatable bonds is 2. The SMILES string of the molecule is Cc1ccc(N2C3CCC2CN(C(=O)OC(C)(C)C)C3)cc1C(=O)O. The van der Waals surface area contributed by atoms with Gasteiger partial charge < -0.3 is 19.6 Å². The Morgan fingerprint density at radius 2 is 1.76 bits per heavy atom. The van der Waals surface area contributed by atoms with Crippen LogP contribution in [-0.2, 0) is 4.74 Å². The molecule has 2 aliphatic heterocycles. The molecule has 0 aliphatic carbocycles. The van der Waals surface area contributed by atoms with E-state index < -0.39 is 11.6 Å². The third-order valence-electron chi connectivity index (χ3n) is 4.88. The molecule has 2 saturated heterocycles. The van der Waals surface area contributed by atoms with Crippen molar-refractivity contribution >= 4 is 17.7 Å². The predicted octanol–water partition coefficient (Wildman–Crippen LogP) is 3.28. The quantitative estimate of drug-likeness (QED) is 0.890. The van der Waals surface area contributed by atoms with Crippen LogP contribution in [0, 0.1) is 6.92 Å². The zero-order valence-corrected chi connectivity index (χ0v) is 15.3. The van der Waals surface area contributed by atoms with Crippen molar-refractivity contribution in [1.29, 1.82) is 0 Å². The molecule has 0 saturated carbocycles. The van der Waals surface area contributed by atoms with Gasteiger partial charge in [-0.1, -0.05) is 6.07 Å². The lowest BCUT2D eigenvalue weighted by atomic mass is 10.1. The number of fused-ring (bicyclic) bond motifs is 2. The van der Waals surface area contributed by atoms with E-state index in [1.165, 1.54) is 0 Å². The number of benzene rings is 1. The maximum absolute atomic E-state index is 12.4. The zero-order valence-electron chi connectivity index (χ0n) is 15.3. The van der Waals surface area contributed by atoms with Gasteiger partial charge in [-0.2, -0.15) is 0 Å². The average molecular weight is 346 g/mol. The molecule has 6 nitrogen and oxygen atoms in total. The number of anilines is 1. The Balaban J connectivity index is 1.78. The number of carboxylic acid groups (broad SMARTS) is 1. The highest BCUT2D eigenvalue weighted by Crippen LogP contribution is 2.36. The lowest BCUT2D eigenvalue weighted by Crippen LogP contribution is -2.56. The second kappa shape index (κ2) is 6.24. The van der Waals surface area contributed by atoms with E-state index in [9.17, 15) is 14.7 Å². The summed E-state index contributed by atoms with van der Waals surface area (Å²) in [6.07, 6.45) is 1.74. The van der Waals surface area contributed by atoms with E-state index in [0.717, 1.165) is 24.1 Å². The maximum atomic E-state index is 12.4. The highest BCUT2D eigenvalue weighted by molar-refractivity contribution is 5.90. The summed E-state index contributed by atoms with van der Waals surface area (Å²) < 4.78 is 5.50. The molecular weight excluding hydrogens is 320 g/mol. The van der Waals surface area contributed by atoms with Gasteiger partial charge in [0.1, 0.15) is 5.60 Å². The van der Waals surface area contributed by atoms with Crippen molar-refractivity contribution in [3.63, 3.8) is 0 Å².